The standard InChI is InChI=1S/C12H15N3O2S/c1-8-7-18-11(14-8)4-3-5-13-12(16)10-6-9(2)17-15-10/h6-7H,3-5H2,1-2H3,(H,13,16). The molecule has 2 aromatic heterocycles. The molecule has 0 saturated heterocycles. The van der Waals surface area contributed by atoms with Crippen molar-refractivity contribution in [1.82, 2.24) is 15.5 Å². The largest absolute Gasteiger partial charge is 0.361 e. The minimum atomic E-state index is -0.192. The van der Waals surface area contributed by atoms with Gasteiger partial charge in [0.1, 0.15) is 5.76 Å². The monoisotopic (exact) mass is 265 g/mol. The Labute approximate surface area is 109 Å². The number of carbonyl (C=O) groups excluding carboxylic acids is 1. The van der Waals surface area contributed by atoms with Gasteiger partial charge in [0.05, 0.1) is 5.01 Å². The van der Waals surface area contributed by atoms with Gasteiger partial charge in [0.2, 0.25) is 0 Å². The minimum Gasteiger partial charge on any atom is -0.361 e. The van der Waals surface area contributed by atoms with Gasteiger partial charge in [0.15, 0.2) is 5.69 Å². The second-order valence-corrected chi connectivity index (χ2v) is 5.01. The van der Waals surface area contributed by atoms with Crippen molar-refractivity contribution in [2.75, 3.05) is 6.54 Å². The van der Waals surface area contributed by atoms with E-state index in [1.807, 2.05) is 12.3 Å². The summed E-state index contributed by atoms with van der Waals surface area (Å²) in [5.41, 5.74) is 1.38. The van der Waals surface area contributed by atoms with Crippen molar-refractivity contribution in [1.29, 1.82) is 0 Å². The Kier molecular flexibility index (Phi) is 4.09. The maximum atomic E-state index is 11.6. The lowest BCUT2D eigenvalue weighted by Crippen LogP contribution is -2.25. The van der Waals surface area contributed by atoms with Crippen molar-refractivity contribution in [3.8, 4) is 0 Å². The number of amides is 1. The summed E-state index contributed by atoms with van der Waals surface area (Å²) >= 11 is 1.66. The van der Waals surface area contributed by atoms with Crippen molar-refractivity contribution in [3.05, 3.63) is 33.6 Å². The molecule has 6 heteroatoms. The lowest BCUT2D eigenvalue weighted by atomic mass is 10.3. The first-order chi connectivity index (χ1) is 8.65. The normalized spacial score (nSPS) is 10.6. The molecule has 0 spiro atoms. The van der Waals surface area contributed by atoms with Gasteiger partial charge in [-0.25, -0.2) is 4.98 Å². The molecular weight excluding hydrogens is 250 g/mol. The molecule has 2 rings (SSSR count). The highest BCUT2D eigenvalue weighted by Gasteiger charge is 2.09. The third-order valence-corrected chi connectivity index (χ3v) is 3.41. The minimum absolute atomic E-state index is 0.192. The van der Waals surface area contributed by atoms with E-state index in [2.05, 4.69) is 15.5 Å². The van der Waals surface area contributed by atoms with Crippen LogP contribution in [0.3, 0.4) is 0 Å². The lowest BCUT2D eigenvalue weighted by Gasteiger charge is -2.01. The number of nitrogens with one attached hydrogen (secondary N) is 1. The molecule has 0 radical (unpaired) electrons. The van der Waals surface area contributed by atoms with Crippen molar-refractivity contribution in [2.45, 2.75) is 26.7 Å². The molecule has 0 aliphatic rings. The predicted molar refractivity (Wildman–Crippen MR) is 68.7 cm³/mol. The van der Waals surface area contributed by atoms with E-state index in [1.165, 1.54) is 0 Å². The summed E-state index contributed by atoms with van der Waals surface area (Å²) in [7, 11) is 0. The summed E-state index contributed by atoms with van der Waals surface area (Å²) < 4.78 is 4.84. The van der Waals surface area contributed by atoms with Crippen molar-refractivity contribution in [2.24, 2.45) is 0 Å². The average molecular weight is 265 g/mol. The van der Waals surface area contributed by atoms with Gasteiger partial charge in [-0.05, 0) is 20.3 Å². The van der Waals surface area contributed by atoms with Gasteiger partial charge in [-0.1, -0.05) is 5.16 Å². The summed E-state index contributed by atoms with van der Waals surface area (Å²) in [5, 5.41) is 9.61. The van der Waals surface area contributed by atoms with E-state index in [0.29, 0.717) is 18.0 Å². The second kappa shape index (κ2) is 5.77. The fourth-order valence-corrected chi connectivity index (χ4v) is 2.34. The molecule has 0 saturated carbocycles. The lowest BCUT2D eigenvalue weighted by molar-refractivity contribution is 0.0944. The van der Waals surface area contributed by atoms with Gasteiger partial charge in [-0.3, -0.25) is 4.79 Å². The Morgan fingerprint density at radius 2 is 2.33 bits per heavy atom. The Hall–Kier alpha value is -1.69. The van der Waals surface area contributed by atoms with Crippen LogP contribution in [0.15, 0.2) is 16.0 Å². The quantitative estimate of drug-likeness (QED) is 0.841. The van der Waals surface area contributed by atoms with Gasteiger partial charge >= 0.3 is 0 Å². The summed E-state index contributed by atoms with van der Waals surface area (Å²) in [6.45, 7) is 4.35. The molecule has 0 bridgehead atoms. The fraction of sp³-hybridized carbons (Fsp3) is 0.417. The zero-order valence-corrected chi connectivity index (χ0v) is 11.2. The average Bonchev–Trinajstić information content (AvgIpc) is 2.93. The van der Waals surface area contributed by atoms with Crippen LogP contribution in [-0.2, 0) is 6.42 Å². The molecule has 2 aromatic rings. The topological polar surface area (TPSA) is 68.0 Å². The Bertz CT molecular complexity index is 533. The third kappa shape index (κ3) is 3.40. The van der Waals surface area contributed by atoms with Crippen LogP contribution < -0.4 is 5.32 Å². The first kappa shape index (κ1) is 12.8. The van der Waals surface area contributed by atoms with Crippen molar-refractivity contribution >= 4 is 17.2 Å². The maximum absolute atomic E-state index is 11.6. The van der Waals surface area contributed by atoms with Crippen molar-refractivity contribution in [3.63, 3.8) is 0 Å². The molecule has 0 aliphatic heterocycles. The number of aromatic nitrogens is 2. The van der Waals surface area contributed by atoms with Crippen LogP contribution in [0.5, 0.6) is 0 Å². The molecule has 96 valence electrons. The highest BCUT2D eigenvalue weighted by molar-refractivity contribution is 7.09. The van der Waals surface area contributed by atoms with Gasteiger partial charge in [0, 0.05) is 30.1 Å². The molecule has 2 heterocycles. The molecule has 0 aromatic carbocycles. The van der Waals surface area contributed by atoms with Gasteiger partial charge < -0.3 is 9.84 Å². The van der Waals surface area contributed by atoms with Crippen LogP contribution in [-0.4, -0.2) is 22.6 Å². The summed E-state index contributed by atoms with van der Waals surface area (Å²) in [6.07, 6.45) is 1.76. The number of hydrogen-bond donors (Lipinski definition) is 1. The van der Waals surface area contributed by atoms with E-state index < -0.39 is 0 Å². The number of hydrogen-bond acceptors (Lipinski definition) is 5. The molecule has 0 atom stereocenters. The first-order valence-corrected chi connectivity index (χ1v) is 6.65. The second-order valence-electron chi connectivity index (χ2n) is 4.06. The molecule has 1 N–H and O–H groups in total. The highest BCUT2D eigenvalue weighted by Crippen LogP contribution is 2.10. The Morgan fingerprint density at radius 3 is 2.94 bits per heavy atom. The zero-order valence-electron chi connectivity index (χ0n) is 10.4. The Balaban J connectivity index is 1.71. The smallest absolute Gasteiger partial charge is 0.273 e. The summed E-state index contributed by atoms with van der Waals surface area (Å²) in [6, 6.07) is 1.62. The summed E-state index contributed by atoms with van der Waals surface area (Å²) in [5.74, 6) is 0.445. The van der Waals surface area contributed by atoms with Gasteiger partial charge in [-0.15, -0.1) is 11.3 Å². The molecule has 0 fully saturated rings. The van der Waals surface area contributed by atoms with E-state index in [9.17, 15) is 4.79 Å². The molecule has 0 aliphatic carbocycles. The molecule has 0 unspecified atom stereocenters. The zero-order chi connectivity index (χ0) is 13.0. The summed E-state index contributed by atoms with van der Waals surface area (Å²) in [4.78, 5) is 16.0. The SMILES string of the molecule is Cc1csc(CCCNC(=O)c2cc(C)on2)n1. The Morgan fingerprint density at radius 1 is 1.50 bits per heavy atom. The predicted octanol–water partition coefficient (Wildman–Crippen LogP) is 2.11. The number of thiazole rings is 1. The van der Waals surface area contributed by atoms with Crippen molar-refractivity contribution < 1.29 is 9.32 Å². The molecule has 5 nitrogen and oxygen atoms in total. The number of nitrogens with zero attached hydrogens (tertiary/aromatic N) is 2. The van der Waals surface area contributed by atoms with Crippen LogP contribution >= 0.6 is 11.3 Å². The van der Waals surface area contributed by atoms with Crippen LogP contribution in [0.4, 0.5) is 0 Å². The van der Waals surface area contributed by atoms with Gasteiger partial charge in [0.25, 0.3) is 5.91 Å². The van der Waals surface area contributed by atoms with Crippen LogP contribution in [0.25, 0.3) is 0 Å². The molecular formula is C12H15N3O2S. The molecule has 18 heavy (non-hydrogen) atoms. The number of carbonyl (C=O) groups is 1. The first-order valence-electron chi connectivity index (χ1n) is 5.77. The van der Waals surface area contributed by atoms with Gasteiger partial charge in [-0.2, -0.15) is 0 Å². The number of aryl methyl sites for hydroxylation is 3. The van der Waals surface area contributed by atoms with E-state index in [4.69, 9.17) is 4.52 Å². The highest BCUT2D eigenvalue weighted by atomic mass is 32.1. The van der Waals surface area contributed by atoms with E-state index in [-0.39, 0.29) is 5.91 Å². The van der Waals surface area contributed by atoms with Crippen LogP contribution in [0, 0.1) is 13.8 Å². The third-order valence-electron chi connectivity index (χ3n) is 2.38. The van der Waals surface area contributed by atoms with E-state index >= 15 is 0 Å². The number of rotatable bonds is 5. The van der Waals surface area contributed by atoms with E-state index in [1.54, 1.807) is 24.3 Å². The maximum Gasteiger partial charge on any atom is 0.273 e. The van der Waals surface area contributed by atoms with Crippen LogP contribution in [0.1, 0.15) is 33.4 Å². The van der Waals surface area contributed by atoms with E-state index in [0.717, 1.165) is 23.5 Å². The molecule has 1 amide bonds. The fourth-order valence-electron chi connectivity index (χ4n) is 1.52. The van der Waals surface area contributed by atoms with Crippen LogP contribution in [0.2, 0.25) is 0 Å².